The minimum atomic E-state index is -0.500. The van der Waals surface area contributed by atoms with Crippen LogP contribution in [0.3, 0.4) is 0 Å². The van der Waals surface area contributed by atoms with E-state index in [1.807, 2.05) is 6.07 Å². The molecule has 1 saturated heterocycles. The molecule has 19 heavy (non-hydrogen) atoms. The van der Waals surface area contributed by atoms with Crippen molar-refractivity contribution < 1.29 is 9.13 Å². The minimum Gasteiger partial charge on any atom is -0.378 e. The summed E-state index contributed by atoms with van der Waals surface area (Å²) >= 11 is 12.2. The van der Waals surface area contributed by atoms with E-state index in [0.717, 1.165) is 32.3 Å². The van der Waals surface area contributed by atoms with E-state index in [-0.39, 0.29) is 11.9 Å². The lowest BCUT2D eigenvalue weighted by Crippen LogP contribution is -2.33. The fourth-order valence-electron chi connectivity index (χ4n) is 2.65. The molecule has 0 radical (unpaired) electrons. The Morgan fingerprint density at radius 2 is 2.00 bits per heavy atom. The van der Waals surface area contributed by atoms with Gasteiger partial charge in [-0.05, 0) is 37.3 Å². The van der Waals surface area contributed by atoms with Crippen molar-refractivity contribution in [3.8, 4) is 0 Å². The zero-order valence-corrected chi connectivity index (χ0v) is 12.4. The Hall–Kier alpha value is -0.310. The molecule has 1 heterocycles. The third-order valence-electron chi connectivity index (χ3n) is 3.93. The summed E-state index contributed by atoms with van der Waals surface area (Å²) in [5.41, 5.74) is 0.124. The Kier molecular flexibility index (Phi) is 5.49. The highest BCUT2D eigenvalue weighted by Gasteiger charge is 2.34. The van der Waals surface area contributed by atoms with Gasteiger partial charge in [-0.1, -0.05) is 18.2 Å². The molecule has 0 bridgehead atoms. The van der Waals surface area contributed by atoms with Crippen LogP contribution in [0.5, 0.6) is 0 Å². The van der Waals surface area contributed by atoms with Gasteiger partial charge in [-0.25, -0.2) is 4.39 Å². The summed E-state index contributed by atoms with van der Waals surface area (Å²) in [6.45, 7) is 0.832. The maximum Gasteiger partial charge on any atom is 0.127 e. The molecule has 1 fully saturated rings. The summed E-state index contributed by atoms with van der Waals surface area (Å²) in [5.74, 6) is 0.421. The monoisotopic (exact) mass is 304 g/mol. The summed E-state index contributed by atoms with van der Waals surface area (Å²) in [6, 6.07) is 6.77. The van der Waals surface area contributed by atoms with Crippen molar-refractivity contribution in [2.75, 3.05) is 18.4 Å². The van der Waals surface area contributed by atoms with Crippen molar-refractivity contribution in [3.63, 3.8) is 0 Å². The second-order valence-corrected chi connectivity index (χ2v) is 5.74. The SMILES string of the molecule is Fc1ccccc1C(CCl)(CCl)CCC1CCCO1. The molecule has 0 amide bonds. The van der Waals surface area contributed by atoms with Crippen LogP contribution < -0.4 is 0 Å². The second-order valence-electron chi connectivity index (χ2n) is 5.20. The van der Waals surface area contributed by atoms with Crippen LogP contribution in [0.1, 0.15) is 31.2 Å². The number of hydrogen-bond donors (Lipinski definition) is 0. The van der Waals surface area contributed by atoms with Crippen molar-refractivity contribution in [3.05, 3.63) is 35.6 Å². The van der Waals surface area contributed by atoms with Crippen LogP contribution >= 0.6 is 23.2 Å². The largest absolute Gasteiger partial charge is 0.378 e. The fourth-order valence-corrected chi connectivity index (χ4v) is 3.49. The first-order chi connectivity index (χ1) is 9.22. The van der Waals surface area contributed by atoms with Gasteiger partial charge in [-0.3, -0.25) is 0 Å². The fraction of sp³-hybridized carbons (Fsp3) is 0.600. The molecule has 2 rings (SSSR count). The number of alkyl halides is 2. The summed E-state index contributed by atoms with van der Waals surface area (Å²) in [6.07, 6.45) is 4.11. The Morgan fingerprint density at radius 3 is 2.58 bits per heavy atom. The zero-order valence-electron chi connectivity index (χ0n) is 10.9. The average Bonchev–Trinajstić information content (AvgIpc) is 2.95. The lowest BCUT2D eigenvalue weighted by molar-refractivity contribution is 0.0975. The van der Waals surface area contributed by atoms with E-state index in [1.165, 1.54) is 6.07 Å². The van der Waals surface area contributed by atoms with Gasteiger partial charge in [-0.15, -0.1) is 23.2 Å². The summed E-state index contributed by atoms with van der Waals surface area (Å²) < 4.78 is 19.6. The molecule has 1 aromatic rings. The molecule has 1 aliphatic rings. The highest BCUT2D eigenvalue weighted by molar-refractivity contribution is 6.22. The van der Waals surface area contributed by atoms with E-state index in [9.17, 15) is 4.39 Å². The molecule has 106 valence electrons. The predicted molar refractivity (Wildman–Crippen MR) is 77.7 cm³/mol. The van der Waals surface area contributed by atoms with E-state index in [4.69, 9.17) is 27.9 Å². The number of hydrogen-bond acceptors (Lipinski definition) is 1. The van der Waals surface area contributed by atoms with Gasteiger partial charge < -0.3 is 4.74 Å². The number of rotatable bonds is 6. The van der Waals surface area contributed by atoms with Gasteiger partial charge in [0.1, 0.15) is 5.82 Å². The zero-order chi connectivity index (χ0) is 13.7. The van der Waals surface area contributed by atoms with Crippen LogP contribution in [0.2, 0.25) is 0 Å². The van der Waals surface area contributed by atoms with Gasteiger partial charge in [0.15, 0.2) is 0 Å². The van der Waals surface area contributed by atoms with E-state index >= 15 is 0 Å². The predicted octanol–water partition coefficient (Wildman–Crippen LogP) is 4.50. The van der Waals surface area contributed by atoms with Crippen molar-refractivity contribution in [1.29, 1.82) is 0 Å². The van der Waals surface area contributed by atoms with Gasteiger partial charge in [0.2, 0.25) is 0 Å². The lowest BCUT2D eigenvalue weighted by atomic mass is 9.79. The smallest absolute Gasteiger partial charge is 0.127 e. The molecule has 1 unspecified atom stereocenters. The van der Waals surface area contributed by atoms with E-state index < -0.39 is 5.41 Å². The molecule has 0 spiro atoms. The molecular formula is C15H19Cl2FO. The minimum absolute atomic E-state index is 0.226. The topological polar surface area (TPSA) is 9.23 Å². The first kappa shape index (κ1) is 15.1. The summed E-state index contributed by atoms with van der Waals surface area (Å²) in [4.78, 5) is 0. The quantitative estimate of drug-likeness (QED) is 0.703. The Labute approximate surface area is 124 Å². The Bertz CT molecular complexity index is 401. The molecule has 1 nitrogen and oxygen atoms in total. The molecule has 4 heteroatoms. The van der Waals surface area contributed by atoms with E-state index in [0.29, 0.717) is 17.3 Å². The van der Waals surface area contributed by atoms with Gasteiger partial charge in [-0.2, -0.15) is 0 Å². The molecule has 1 aliphatic heterocycles. The molecular weight excluding hydrogens is 286 g/mol. The Morgan fingerprint density at radius 1 is 1.26 bits per heavy atom. The van der Waals surface area contributed by atoms with E-state index in [2.05, 4.69) is 0 Å². The number of ether oxygens (including phenoxy) is 1. The van der Waals surface area contributed by atoms with E-state index in [1.54, 1.807) is 12.1 Å². The first-order valence-corrected chi connectivity index (χ1v) is 7.77. The molecule has 1 atom stereocenters. The van der Waals surface area contributed by atoms with Gasteiger partial charge in [0, 0.05) is 23.8 Å². The highest BCUT2D eigenvalue weighted by atomic mass is 35.5. The molecule has 0 N–H and O–H groups in total. The van der Waals surface area contributed by atoms with Crippen LogP contribution in [-0.4, -0.2) is 24.5 Å². The maximum absolute atomic E-state index is 14.0. The third-order valence-corrected chi connectivity index (χ3v) is 4.95. The second kappa shape index (κ2) is 6.92. The van der Waals surface area contributed by atoms with Crippen LogP contribution in [0.4, 0.5) is 4.39 Å². The van der Waals surface area contributed by atoms with Gasteiger partial charge >= 0.3 is 0 Å². The summed E-state index contributed by atoms with van der Waals surface area (Å²) in [7, 11) is 0. The van der Waals surface area contributed by atoms with Crippen LogP contribution in [0.15, 0.2) is 24.3 Å². The van der Waals surface area contributed by atoms with Gasteiger partial charge in [0.25, 0.3) is 0 Å². The van der Waals surface area contributed by atoms with Crippen LogP contribution in [-0.2, 0) is 10.2 Å². The maximum atomic E-state index is 14.0. The average molecular weight is 305 g/mol. The van der Waals surface area contributed by atoms with Crippen LogP contribution in [0.25, 0.3) is 0 Å². The van der Waals surface area contributed by atoms with Gasteiger partial charge in [0.05, 0.1) is 6.10 Å². The molecule has 0 aromatic heterocycles. The van der Waals surface area contributed by atoms with Crippen LogP contribution in [0, 0.1) is 5.82 Å². The lowest BCUT2D eigenvalue weighted by Gasteiger charge is -2.31. The number of halogens is 3. The Balaban J connectivity index is 2.14. The van der Waals surface area contributed by atoms with Crippen molar-refractivity contribution in [1.82, 2.24) is 0 Å². The normalized spacial score (nSPS) is 19.8. The first-order valence-electron chi connectivity index (χ1n) is 6.70. The molecule has 0 aliphatic carbocycles. The highest BCUT2D eigenvalue weighted by Crippen LogP contribution is 2.35. The van der Waals surface area contributed by atoms with Crippen molar-refractivity contribution in [2.45, 2.75) is 37.2 Å². The number of benzene rings is 1. The third kappa shape index (κ3) is 3.42. The van der Waals surface area contributed by atoms with Crippen molar-refractivity contribution in [2.24, 2.45) is 0 Å². The summed E-state index contributed by atoms with van der Waals surface area (Å²) in [5, 5.41) is 0. The molecule has 0 saturated carbocycles. The van der Waals surface area contributed by atoms with Crippen molar-refractivity contribution >= 4 is 23.2 Å². The molecule has 1 aromatic carbocycles. The standard InChI is InChI=1S/C15H19Cl2FO/c16-10-15(11-17,8-7-12-4-3-9-19-12)13-5-1-2-6-14(13)18/h1-2,5-6,12H,3-4,7-11H2.